The van der Waals surface area contributed by atoms with Crippen molar-refractivity contribution in [1.82, 2.24) is 10.2 Å². The van der Waals surface area contributed by atoms with E-state index in [1.165, 1.54) is 0 Å². The molecule has 1 aromatic carbocycles. The van der Waals surface area contributed by atoms with E-state index in [4.69, 9.17) is 9.47 Å². The van der Waals surface area contributed by atoms with Gasteiger partial charge < -0.3 is 25.0 Å². The summed E-state index contributed by atoms with van der Waals surface area (Å²) in [5.41, 5.74) is 0.581. The van der Waals surface area contributed by atoms with E-state index in [0.29, 0.717) is 23.7 Å². The van der Waals surface area contributed by atoms with Gasteiger partial charge in [-0.05, 0) is 39.2 Å². The van der Waals surface area contributed by atoms with Crippen LogP contribution in [-0.4, -0.2) is 52.3 Å². The number of anilines is 1. The molecule has 0 fully saturated rings. The Labute approximate surface area is 120 Å². The molecule has 20 heavy (non-hydrogen) atoms. The fourth-order valence-electron chi connectivity index (χ4n) is 1.68. The van der Waals surface area contributed by atoms with Crippen molar-refractivity contribution < 1.29 is 14.3 Å². The van der Waals surface area contributed by atoms with Gasteiger partial charge in [-0.25, -0.2) is 4.79 Å². The number of urea groups is 1. The number of rotatable bonds is 7. The van der Waals surface area contributed by atoms with E-state index >= 15 is 0 Å². The Morgan fingerprint density at radius 2 is 2.00 bits per heavy atom. The lowest BCUT2D eigenvalue weighted by Crippen LogP contribution is -2.31. The summed E-state index contributed by atoms with van der Waals surface area (Å²) in [7, 11) is 7.14. The number of methoxy groups -OCH3 is 2. The van der Waals surface area contributed by atoms with E-state index in [2.05, 4.69) is 15.5 Å². The third kappa shape index (κ3) is 5.36. The summed E-state index contributed by atoms with van der Waals surface area (Å²) in [5, 5.41) is 5.56. The van der Waals surface area contributed by atoms with Crippen LogP contribution in [0.15, 0.2) is 18.2 Å². The monoisotopic (exact) mass is 281 g/mol. The zero-order valence-corrected chi connectivity index (χ0v) is 12.5. The Morgan fingerprint density at radius 3 is 2.60 bits per heavy atom. The summed E-state index contributed by atoms with van der Waals surface area (Å²) in [5.74, 6) is 1.25. The molecule has 0 aliphatic heterocycles. The molecule has 0 unspecified atom stereocenters. The first-order chi connectivity index (χ1) is 9.56. The summed E-state index contributed by atoms with van der Waals surface area (Å²) in [4.78, 5) is 13.9. The molecule has 0 heterocycles. The Balaban J connectivity index is 2.52. The molecule has 2 amide bonds. The minimum Gasteiger partial charge on any atom is -0.497 e. The Hall–Kier alpha value is -1.95. The van der Waals surface area contributed by atoms with Crippen molar-refractivity contribution in [3.63, 3.8) is 0 Å². The van der Waals surface area contributed by atoms with Crippen LogP contribution in [-0.2, 0) is 0 Å². The van der Waals surface area contributed by atoms with Crippen molar-refractivity contribution in [1.29, 1.82) is 0 Å². The molecule has 2 N–H and O–H groups in total. The first kappa shape index (κ1) is 16.1. The van der Waals surface area contributed by atoms with Crippen molar-refractivity contribution in [3.8, 4) is 11.5 Å². The van der Waals surface area contributed by atoms with E-state index in [-0.39, 0.29) is 6.03 Å². The second-order valence-corrected chi connectivity index (χ2v) is 4.60. The lowest BCUT2D eigenvalue weighted by molar-refractivity contribution is 0.251. The van der Waals surface area contributed by atoms with E-state index < -0.39 is 0 Å². The van der Waals surface area contributed by atoms with E-state index in [0.717, 1.165) is 13.0 Å². The van der Waals surface area contributed by atoms with Gasteiger partial charge in [0.1, 0.15) is 11.5 Å². The van der Waals surface area contributed by atoms with Gasteiger partial charge in [-0.3, -0.25) is 0 Å². The van der Waals surface area contributed by atoms with Crippen molar-refractivity contribution in [2.24, 2.45) is 0 Å². The first-order valence-electron chi connectivity index (χ1n) is 6.48. The quantitative estimate of drug-likeness (QED) is 0.748. The highest BCUT2D eigenvalue weighted by Crippen LogP contribution is 2.28. The molecule has 0 bridgehead atoms. The highest BCUT2D eigenvalue weighted by molar-refractivity contribution is 5.91. The second kappa shape index (κ2) is 8.27. The van der Waals surface area contributed by atoms with Gasteiger partial charge in [-0.15, -0.1) is 0 Å². The fraction of sp³-hybridized carbons (Fsp3) is 0.500. The van der Waals surface area contributed by atoms with Gasteiger partial charge >= 0.3 is 6.03 Å². The van der Waals surface area contributed by atoms with Crippen LogP contribution in [0.4, 0.5) is 10.5 Å². The fourth-order valence-corrected chi connectivity index (χ4v) is 1.68. The van der Waals surface area contributed by atoms with Crippen LogP contribution in [0.5, 0.6) is 11.5 Å². The number of carbonyl (C=O) groups is 1. The van der Waals surface area contributed by atoms with E-state index in [9.17, 15) is 4.79 Å². The molecule has 1 rings (SSSR count). The number of amides is 2. The molecule has 6 heteroatoms. The minimum atomic E-state index is -0.254. The van der Waals surface area contributed by atoms with Crippen LogP contribution in [0.25, 0.3) is 0 Å². The van der Waals surface area contributed by atoms with Crippen molar-refractivity contribution in [2.75, 3.05) is 46.7 Å². The van der Waals surface area contributed by atoms with Gasteiger partial charge in [0.15, 0.2) is 0 Å². The number of ether oxygens (including phenoxy) is 2. The maximum absolute atomic E-state index is 11.8. The average Bonchev–Trinajstić information content (AvgIpc) is 2.43. The number of nitrogens with zero attached hydrogens (tertiary/aromatic N) is 1. The molecule has 0 atom stereocenters. The molecule has 0 spiro atoms. The third-order valence-corrected chi connectivity index (χ3v) is 2.72. The van der Waals surface area contributed by atoms with Crippen LogP contribution < -0.4 is 20.1 Å². The van der Waals surface area contributed by atoms with Crippen LogP contribution in [0, 0.1) is 0 Å². The smallest absolute Gasteiger partial charge is 0.319 e. The van der Waals surface area contributed by atoms with Gasteiger partial charge in [-0.2, -0.15) is 0 Å². The Morgan fingerprint density at radius 1 is 1.25 bits per heavy atom. The predicted molar refractivity (Wildman–Crippen MR) is 79.7 cm³/mol. The van der Waals surface area contributed by atoms with Gasteiger partial charge in [0.05, 0.1) is 19.9 Å². The lowest BCUT2D eigenvalue weighted by atomic mass is 10.2. The van der Waals surface area contributed by atoms with Gasteiger partial charge in [0.25, 0.3) is 0 Å². The van der Waals surface area contributed by atoms with Crippen LogP contribution in [0.3, 0.4) is 0 Å². The zero-order chi connectivity index (χ0) is 15.0. The van der Waals surface area contributed by atoms with Gasteiger partial charge in [0.2, 0.25) is 0 Å². The molecular weight excluding hydrogens is 258 g/mol. The highest BCUT2D eigenvalue weighted by Gasteiger charge is 2.08. The summed E-state index contributed by atoms with van der Waals surface area (Å²) >= 11 is 0. The molecule has 0 radical (unpaired) electrons. The molecular formula is C14H23N3O3. The molecule has 0 aromatic heterocycles. The minimum absolute atomic E-state index is 0.254. The second-order valence-electron chi connectivity index (χ2n) is 4.60. The SMILES string of the molecule is COc1ccc(OC)c(NC(=O)NCCCN(C)C)c1. The van der Waals surface area contributed by atoms with Crippen molar-refractivity contribution in [2.45, 2.75) is 6.42 Å². The van der Waals surface area contributed by atoms with Crippen LogP contribution >= 0.6 is 0 Å². The maximum Gasteiger partial charge on any atom is 0.319 e. The number of carbonyl (C=O) groups excluding carboxylic acids is 1. The number of nitrogens with one attached hydrogen (secondary N) is 2. The Kier molecular flexibility index (Phi) is 6.66. The summed E-state index contributed by atoms with van der Waals surface area (Å²) < 4.78 is 10.3. The lowest BCUT2D eigenvalue weighted by Gasteiger charge is -2.13. The maximum atomic E-state index is 11.8. The van der Waals surface area contributed by atoms with Gasteiger partial charge in [-0.1, -0.05) is 0 Å². The predicted octanol–water partition coefficient (Wildman–Crippen LogP) is 1.78. The Bertz CT molecular complexity index is 436. The number of benzene rings is 1. The molecule has 0 saturated carbocycles. The highest BCUT2D eigenvalue weighted by atomic mass is 16.5. The van der Waals surface area contributed by atoms with E-state index in [1.54, 1.807) is 32.4 Å². The van der Waals surface area contributed by atoms with Crippen molar-refractivity contribution >= 4 is 11.7 Å². The van der Waals surface area contributed by atoms with Gasteiger partial charge in [0, 0.05) is 12.6 Å². The molecule has 1 aromatic rings. The largest absolute Gasteiger partial charge is 0.497 e. The summed E-state index contributed by atoms with van der Waals surface area (Å²) in [6.45, 7) is 1.55. The standard InChI is InChI=1S/C14H23N3O3/c1-17(2)9-5-8-15-14(18)16-12-10-11(19-3)6-7-13(12)20-4/h6-7,10H,5,8-9H2,1-4H3,(H2,15,16,18). The third-order valence-electron chi connectivity index (χ3n) is 2.72. The number of hydrogen-bond acceptors (Lipinski definition) is 4. The molecule has 0 aliphatic rings. The topological polar surface area (TPSA) is 62.8 Å². The molecule has 6 nitrogen and oxygen atoms in total. The first-order valence-corrected chi connectivity index (χ1v) is 6.48. The van der Waals surface area contributed by atoms with Crippen LogP contribution in [0.2, 0.25) is 0 Å². The average molecular weight is 281 g/mol. The van der Waals surface area contributed by atoms with Crippen molar-refractivity contribution in [3.05, 3.63) is 18.2 Å². The molecule has 0 aliphatic carbocycles. The molecule has 0 saturated heterocycles. The van der Waals surface area contributed by atoms with Crippen LogP contribution in [0.1, 0.15) is 6.42 Å². The molecule has 112 valence electrons. The summed E-state index contributed by atoms with van der Waals surface area (Å²) in [6, 6.07) is 4.99. The summed E-state index contributed by atoms with van der Waals surface area (Å²) in [6.07, 6.45) is 0.898. The number of hydrogen-bond donors (Lipinski definition) is 2. The normalized spacial score (nSPS) is 10.2. The zero-order valence-electron chi connectivity index (χ0n) is 12.5. The van der Waals surface area contributed by atoms with E-state index in [1.807, 2.05) is 14.1 Å².